The number of para-hydroxylation sites is 1. The second kappa shape index (κ2) is 10.7. The van der Waals surface area contributed by atoms with E-state index in [1.807, 2.05) is 23.1 Å². The van der Waals surface area contributed by atoms with Crippen LogP contribution < -0.4 is 16.0 Å². The minimum Gasteiger partial charge on any atom is -0.507 e. The minimum absolute atomic E-state index is 0.0645. The van der Waals surface area contributed by atoms with Crippen LogP contribution >= 0.6 is 0 Å². The second-order valence-electron chi connectivity index (χ2n) is 10.2. The van der Waals surface area contributed by atoms with Gasteiger partial charge in [0.15, 0.2) is 5.82 Å². The van der Waals surface area contributed by atoms with Crippen LogP contribution in [-0.2, 0) is 4.79 Å². The van der Waals surface area contributed by atoms with Crippen molar-refractivity contribution in [2.24, 2.45) is 5.92 Å². The molecule has 1 amide bonds. The van der Waals surface area contributed by atoms with Crippen molar-refractivity contribution in [3.63, 3.8) is 0 Å². The van der Waals surface area contributed by atoms with Gasteiger partial charge in [0.25, 0.3) is 0 Å². The minimum atomic E-state index is -0.0645. The quantitative estimate of drug-likeness (QED) is 0.512. The Morgan fingerprint density at radius 3 is 2.58 bits per heavy atom. The number of nitrogen functional groups attached to an aromatic ring is 1. The number of carbonyl (C=O) groups is 1. The molecule has 8 nitrogen and oxygen atoms in total. The zero-order chi connectivity index (χ0) is 25.0. The average Bonchev–Trinajstić information content (AvgIpc) is 2.94. The van der Waals surface area contributed by atoms with Gasteiger partial charge in [-0.3, -0.25) is 4.79 Å². The predicted molar refractivity (Wildman–Crippen MR) is 143 cm³/mol. The molecule has 2 aliphatic heterocycles. The van der Waals surface area contributed by atoms with Crippen LogP contribution in [0.5, 0.6) is 5.75 Å². The molecule has 2 fully saturated rings. The molecule has 4 N–H and O–H groups in total. The van der Waals surface area contributed by atoms with E-state index in [9.17, 15) is 9.90 Å². The number of likely N-dealkylation sites (tertiary alicyclic amines) is 1. The summed E-state index contributed by atoms with van der Waals surface area (Å²) in [5, 5.41) is 22.7. The third-order valence-corrected chi connectivity index (χ3v) is 8.01. The lowest BCUT2D eigenvalue weighted by Gasteiger charge is -2.46. The van der Waals surface area contributed by atoms with Crippen LogP contribution in [0.2, 0.25) is 0 Å². The number of piperidine rings is 2. The Hall–Kier alpha value is -3.39. The van der Waals surface area contributed by atoms with Crippen LogP contribution in [0, 0.1) is 5.92 Å². The number of nitrogens with one attached hydrogen (secondary N) is 1. The number of hydrogen-bond donors (Lipinski definition) is 3. The number of nitrogens with zero attached hydrogens (tertiary/aromatic N) is 4. The van der Waals surface area contributed by atoms with Crippen molar-refractivity contribution in [2.45, 2.75) is 44.1 Å². The van der Waals surface area contributed by atoms with E-state index in [4.69, 9.17) is 5.73 Å². The predicted octanol–water partition coefficient (Wildman–Crippen LogP) is 3.50. The maximum Gasteiger partial charge on any atom is 0.209 e. The van der Waals surface area contributed by atoms with Crippen LogP contribution in [0.1, 0.15) is 38.5 Å². The lowest BCUT2D eigenvalue weighted by atomic mass is 9.77. The van der Waals surface area contributed by atoms with Crippen LogP contribution in [0.3, 0.4) is 0 Å². The summed E-state index contributed by atoms with van der Waals surface area (Å²) in [6.07, 6.45) is 14.2. The van der Waals surface area contributed by atoms with E-state index in [1.165, 1.54) is 5.57 Å². The van der Waals surface area contributed by atoms with E-state index in [1.54, 1.807) is 12.1 Å². The maximum atomic E-state index is 11.1. The van der Waals surface area contributed by atoms with Gasteiger partial charge in [0.2, 0.25) is 6.41 Å². The molecule has 1 aromatic heterocycles. The standard InChI is InChI=1S/C28H36N6O2/c29-27-25(18-24(31-32-27)23-8-4-5-9-26(23)36)34-16-12-28(13-17-34,22-6-2-1-3-7-22)30-19-21-10-14-33(20-35)15-11-21/h2,4-9,18,20-21,30,36H,1,3,10-17,19H2,(H2,29,32). The summed E-state index contributed by atoms with van der Waals surface area (Å²) in [5.74, 6) is 1.18. The third-order valence-electron chi connectivity index (χ3n) is 8.01. The summed E-state index contributed by atoms with van der Waals surface area (Å²) in [6, 6.07) is 9.11. The molecule has 3 aliphatic rings. The van der Waals surface area contributed by atoms with Crippen molar-refractivity contribution >= 4 is 17.9 Å². The largest absolute Gasteiger partial charge is 0.507 e. The number of aromatic nitrogens is 2. The molecular formula is C28H36N6O2. The summed E-state index contributed by atoms with van der Waals surface area (Å²) in [5.41, 5.74) is 9.75. The molecule has 190 valence electrons. The molecule has 0 bridgehead atoms. The van der Waals surface area contributed by atoms with E-state index in [-0.39, 0.29) is 11.3 Å². The molecule has 0 spiro atoms. The highest BCUT2D eigenvalue weighted by Gasteiger charge is 2.38. The Labute approximate surface area is 212 Å². The molecule has 2 saturated heterocycles. The van der Waals surface area contributed by atoms with Gasteiger partial charge in [0.1, 0.15) is 5.75 Å². The normalized spacial score (nSPS) is 20.3. The zero-order valence-electron chi connectivity index (χ0n) is 20.8. The van der Waals surface area contributed by atoms with Crippen LogP contribution in [0.4, 0.5) is 11.5 Å². The number of benzene rings is 1. The van der Waals surface area contributed by atoms with Crippen molar-refractivity contribution in [1.82, 2.24) is 20.4 Å². The average molecular weight is 489 g/mol. The summed E-state index contributed by atoms with van der Waals surface area (Å²) >= 11 is 0. The number of amides is 1. The fraction of sp³-hybridized carbons (Fsp3) is 0.464. The van der Waals surface area contributed by atoms with Crippen molar-refractivity contribution < 1.29 is 9.90 Å². The SMILES string of the molecule is Nc1nnc(-c2ccccc2O)cc1N1CCC(NCC2CCN(C=O)CC2)(C2=CCCC=C2)CC1. The van der Waals surface area contributed by atoms with E-state index < -0.39 is 0 Å². The maximum absolute atomic E-state index is 11.1. The van der Waals surface area contributed by atoms with E-state index in [0.29, 0.717) is 23.0 Å². The molecule has 5 rings (SSSR count). The summed E-state index contributed by atoms with van der Waals surface area (Å²) in [4.78, 5) is 15.3. The molecule has 0 radical (unpaired) electrons. The van der Waals surface area contributed by atoms with E-state index in [2.05, 4.69) is 38.6 Å². The van der Waals surface area contributed by atoms with Crippen molar-refractivity contribution in [2.75, 3.05) is 43.4 Å². The fourth-order valence-corrected chi connectivity index (χ4v) is 5.73. The first-order valence-corrected chi connectivity index (χ1v) is 13.1. The van der Waals surface area contributed by atoms with E-state index in [0.717, 1.165) is 83.3 Å². The first kappa shape index (κ1) is 24.3. The smallest absolute Gasteiger partial charge is 0.209 e. The van der Waals surface area contributed by atoms with Gasteiger partial charge in [-0.15, -0.1) is 10.2 Å². The van der Waals surface area contributed by atoms with Gasteiger partial charge in [-0.2, -0.15) is 0 Å². The van der Waals surface area contributed by atoms with Gasteiger partial charge in [-0.05, 0) is 74.8 Å². The zero-order valence-corrected chi connectivity index (χ0v) is 20.8. The van der Waals surface area contributed by atoms with Crippen LogP contribution in [-0.4, -0.2) is 64.9 Å². The molecule has 3 heterocycles. The molecule has 0 atom stereocenters. The lowest BCUT2D eigenvalue weighted by Crippen LogP contribution is -2.56. The van der Waals surface area contributed by atoms with Crippen LogP contribution in [0.25, 0.3) is 11.3 Å². The molecular weight excluding hydrogens is 452 g/mol. The van der Waals surface area contributed by atoms with Crippen molar-refractivity contribution in [1.29, 1.82) is 0 Å². The molecule has 1 aromatic carbocycles. The number of nitrogens with two attached hydrogens (primary N) is 1. The number of anilines is 2. The van der Waals surface area contributed by atoms with Gasteiger partial charge in [0.05, 0.1) is 11.4 Å². The summed E-state index contributed by atoms with van der Waals surface area (Å²) in [7, 11) is 0. The van der Waals surface area contributed by atoms with Gasteiger partial charge < -0.3 is 26.0 Å². The Morgan fingerprint density at radius 1 is 1.11 bits per heavy atom. The number of carbonyl (C=O) groups excluding carboxylic acids is 1. The van der Waals surface area contributed by atoms with E-state index >= 15 is 0 Å². The number of phenolic OH excluding ortho intramolecular Hbond substituents is 1. The Bertz CT molecular complexity index is 1130. The fourth-order valence-electron chi connectivity index (χ4n) is 5.73. The molecule has 1 aliphatic carbocycles. The summed E-state index contributed by atoms with van der Waals surface area (Å²) in [6.45, 7) is 4.36. The highest BCUT2D eigenvalue weighted by molar-refractivity contribution is 5.74. The Morgan fingerprint density at radius 2 is 1.89 bits per heavy atom. The third kappa shape index (κ3) is 5.09. The topological polar surface area (TPSA) is 108 Å². The van der Waals surface area contributed by atoms with Crippen LogP contribution in [0.15, 0.2) is 54.1 Å². The molecule has 8 heteroatoms. The number of allylic oxidation sites excluding steroid dienone is 2. The number of rotatable bonds is 7. The number of hydrogen-bond acceptors (Lipinski definition) is 7. The first-order chi connectivity index (χ1) is 17.6. The Balaban J connectivity index is 1.32. The monoisotopic (exact) mass is 488 g/mol. The van der Waals surface area contributed by atoms with Gasteiger partial charge in [0, 0.05) is 37.3 Å². The molecule has 36 heavy (non-hydrogen) atoms. The number of aromatic hydroxyl groups is 1. The highest BCUT2D eigenvalue weighted by atomic mass is 16.3. The van der Waals surface area contributed by atoms with Gasteiger partial charge >= 0.3 is 0 Å². The lowest BCUT2D eigenvalue weighted by molar-refractivity contribution is -0.119. The van der Waals surface area contributed by atoms with Gasteiger partial charge in [-0.1, -0.05) is 30.4 Å². The molecule has 2 aromatic rings. The highest BCUT2D eigenvalue weighted by Crippen LogP contribution is 2.37. The molecule has 0 saturated carbocycles. The Kier molecular flexibility index (Phi) is 7.23. The summed E-state index contributed by atoms with van der Waals surface area (Å²) < 4.78 is 0. The van der Waals surface area contributed by atoms with Crippen molar-refractivity contribution in [3.8, 4) is 17.0 Å². The van der Waals surface area contributed by atoms with Gasteiger partial charge in [-0.25, -0.2) is 0 Å². The van der Waals surface area contributed by atoms with Crippen molar-refractivity contribution in [3.05, 3.63) is 54.1 Å². The first-order valence-electron chi connectivity index (χ1n) is 13.1. The molecule has 0 unspecified atom stereocenters. The second-order valence-corrected chi connectivity index (χ2v) is 10.2. The number of phenols is 1.